The van der Waals surface area contributed by atoms with Gasteiger partial charge >= 0.3 is 0 Å². The Bertz CT molecular complexity index is 786. The normalized spacial score (nSPS) is 10.7. The van der Waals surface area contributed by atoms with E-state index in [-0.39, 0.29) is 12.3 Å². The van der Waals surface area contributed by atoms with Crippen molar-refractivity contribution in [3.63, 3.8) is 0 Å². The summed E-state index contributed by atoms with van der Waals surface area (Å²) < 4.78 is 7.06. The molecule has 0 bridgehead atoms. The number of hydrogen-bond donors (Lipinski definition) is 1. The van der Waals surface area contributed by atoms with Crippen LogP contribution in [0, 0.1) is 13.8 Å². The molecule has 6 heteroatoms. The van der Waals surface area contributed by atoms with Crippen LogP contribution in [-0.2, 0) is 17.8 Å². The summed E-state index contributed by atoms with van der Waals surface area (Å²) in [7, 11) is 0. The average Bonchev–Trinajstić information content (AvgIpc) is 3.13. The van der Waals surface area contributed by atoms with Gasteiger partial charge in [-0.05, 0) is 31.5 Å². The second-order valence-corrected chi connectivity index (χ2v) is 5.46. The number of hydrogen-bond acceptors (Lipinski definition) is 4. The lowest BCUT2D eigenvalue weighted by Gasteiger charge is -2.08. The molecule has 2 heterocycles. The first kappa shape index (κ1) is 15.0. The Morgan fingerprint density at radius 3 is 2.91 bits per heavy atom. The van der Waals surface area contributed by atoms with Crippen LogP contribution in [0.5, 0.6) is 0 Å². The zero-order valence-corrected chi connectivity index (χ0v) is 13.1. The van der Waals surface area contributed by atoms with Gasteiger partial charge in [0.15, 0.2) is 0 Å². The maximum absolute atomic E-state index is 12.2. The van der Waals surface area contributed by atoms with Crippen molar-refractivity contribution in [2.45, 2.75) is 26.8 Å². The number of nitrogens with zero attached hydrogens (tertiary/aromatic N) is 3. The van der Waals surface area contributed by atoms with Crippen LogP contribution >= 0.6 is 0 Å². The van der Waals surface area contributed by atoms with Gasteiger partial charge in [0.25, 0.3) is 0 Å². The molecule has 0 saturated carbocycles. The molecule has 0 aliphatic carbocycles. The Morgan fingerprint density at radius 1 is 1.35 bits per heavy atom. The minimum absolute atomic E-state index is 0.0841. The Kier molecular flexibility index (Phi) is 4.23. The lowest BCUT2D eigenvalue weighted by molar-refractivity contribution is -0.115. The predicted octanol–water partition coefficient (Wildman–Crippen LogP) is 2.72. The van der Waals surface area contributed by atoms with Gasteiger partial charge < -0.3 is 14.4 Å². The van der Waals surface area contributed by atoms with Crippen molar-refractivity contribution in [1.29, 1.82) is 0 Å². The molecule has 1 N–H and O–H groups in total. The summed E-state index contributed by atoms with van der Waals surface area (Å²) in [5.74, 6) is 0.602. The molecule has 0 fully saturated rings. The van der Waals surface area contributed by atoms with E-state index in [0.717, 1.165) is 22.5 Å². The molecule has 0 spiro atoms. The van der Waals surface area contributed by atoms with E-state index < -0.39 is 0 Å². The van der Waals surface area contributed by atoms with Crippen LogP contribution in [0.2, 0.25) is 0 Å². The van der Waals surface area contributed by atoms with Crippen molar-refractivity contribution in [3.8, 4) is 0 Å². The molecule has 1 aromatic carbocycles. The lowest BCUT2D eigenvalue weighted by atomic mass is 10.1. The molecule has 118 valence electrons. The third-order valence-electron chi connectivity index (χ3n) is 3.65. The third kappa shape index (κ3) is 3.66. The maximum Gasteiger partial charge on any atom is 0.228 e. The van der Waals surface area contributed by atoms with Crippen LogP contribution in [0.4, 0.5) is 5.69 Å². The molecule has 0 aliphatic rings. The smallest absolute Gasteiger partial charge is 0.228 e. The quantitative estimate of drug-likeness (QED) is 0.786. The van der Waals surface area contributed by atoms with Gasteiger partial charge in [0.05, 0.1) is 18.4 Å². The van der Waals surface area contributed by atoms with E-state index in [0.29, 0.717) is 12.3 Å². The van der Waals surface area contributed by atoms with E-state index in [1.54, 1.807) is 12.5 Å². The molecule has 0 saturated heterocycles. The number of imidazole rings is 1. The summed E-state index contributed by atoms with van der Waals surface area (Å²) in [6.07, 6.45) is 5.67. The average molecular weight is 310 g/mol. The van der Waals surface area contributed by atoms with Crippen LogP contribution in [0.1, 0.15) is 22.6 Å². The molecule has 23 heavy (non-hydrogen) atoms. The summed E-state index contributed by atoms with van der Waals surface area (Å²) in [4.78, 5) is 16.2. The number of carbonyl (C=O) groups excluding carboxylic acids is 1. The minimum Gasteiger partial charge on any atom is -0.361 e. The van der Waals surface area contributed by atoms with Gasteiger partial charge in [-0.2, -0.15) is 0 Å². The van der Waals surface area contributed by atoms with Crippen molar-refractivity contribution in [2.75, 3.05) is 5.32 Å². The largest absolute Gasteiger partial charge is 0.361 e. The predicted molar refractivity (Wildman–Crippen MR) is 86.1 cm³/mol. The summed E-state index contributed by atoms with van der Waals surface area (Å²) >= 11 is 0. The van der Waals surface area contributed by atoms with Crippen molar-refractivity contribution in [1.82, 2.24) is 14.7 Å². The van der Waals surface area contributed by atoms with Crippen molar-refractivity contribution in [3.05, 3.63) is 65.6 Å². The van der Waals surface area contributed by atoms with E-state index in [2.05, 4.69) is 15.5 Å². The highest BCUT2D eigenvalue weighted by atomic mass is 16.5. The van der Waals surface area contributed by atoms with Crippen LogP contribution in [-0.4, -0.2) is 20.6 Å². The summed E-state index contributed by atoms with van der Waals surface area (Å²) in [6.45, 7) is 4.37. The highest BCUT2D eigenvalue weighted by Gasteiger charge is 2.13. The number of aromatic nitrogens is 3. The summed E-state index contributed by atoms with van der Waals surface area (Å²) in [5, 5.41) is 6.79. The van der Waals surface area contributed by atoms with E-state index in [1.165, 1.54) is 0 Å². The highest BCUT2D eigenvalue weighted by molar-refractivity contribution is 5.92. The number of aryl methyl sites for hydroxylation is 2. The molecule has 0 unspecified atom stereocenters. The first-order chi connectivity index (χ1) is 11.1. The SMILES string of the molecule is Cc1noc(C)c1CC(=O)Nc1cccc(Cn2ccnc2)c1. The van der Waals surface area contributed by atoms with E-state index in [9.17, 15) is 4.79 Å². The number of nitrogens with one attached hydrogen (secondary N) is 1. The minimum atomic E-state index is -0.0841. The first-order valence-corrected chi connectivity index (χ1v) is 7.38. The molecular formula is C17H18N4O2. The molecule has 3 rings (SSSR count). The lowest BCUT2D eigenvalue weighted by Crippen LogP contribution is -2.15. The first-order valence-electron chi connectivity index (χ1n) is 7.38. The molecule has 2 aromatic heterocycles. The molecule has 3 aromatic rings. The summed E-state index contributed by atoms with van der Waals surface area (Å²) in [5.41, 5.74) is 3.47. The van der Waals surface area contributed by atoms with Gasteiger partial charge in [-0.15, -0.1) is 0 Å². The van der Waals surface area contributed by atoms with E-state index in [1.807, 2.05) is 48.9 Å². The molecule has 0 atom stereocenters. The molecule has 0 radical (unpaired) electrons. The van der Waals surface area contributed by atoms with Crippen LogP contribution in [0.3, 0.4) is 0 Å². The van der Waals surface area contributed by atoms with Gasteiger partial charge in [-0.1, -0.05) is 17.3 Å². The fourth-order valence-electron chi connectivity index (χ4n) is 2.46. The maximum atomic E-state index is 12.2. The standard InChI is InChI=1S/C17H18N4O2/c1-12-16(13(2)23-20-12)9-17(22)19-15-5-3-4-14(8-15)10-21-7-6-18-11-21/h3-8,11H,9-10H2,1-2H3,(H,19,22). The number of benzene rings is 1. The van der Waals surface area contributed by atoms with Gasteiger partial charge in [0, 0.05) is 30.2 Å². The monoisotopic (exact) mass is 310 g/mol. The fourth-order valence-corrected chi connectivity index (χ4v) is 2.46. The Balaban J connectivity index is 1.67. The zero-order valence-electron chi connectivity index (χ0n) is 13.1. The third-order valence-corrected chi connectivity index (χ3v) is 3.65. The van der Waals surface area contributed by atoms with Crippen molar-refractivity contribution < 1.29 is 9.32 Å². The Morgan fingerprint density at radius 2 is 2.22 bits per heavy atom. The van der Waals surface area contributed by atoms with Gasteiger partial charge in [-0.25, -0.2) is 4.98 Å². The van der Waals surface area contributed by atoms with Crippen LogP contribution in [0.15, 0.2) is 47.5 Å². The van der Waals surface area contributed by atoms with Crippen LogP contribution < -0.4 is 5.32 Å². The molecule has 1 amide bonds. The number of carbonyl (C=O) groups is 1. The second-order valence-electron chi connectivity index (χ2n) is 5.46. The zero-order chi connectivity index (χ0) is 16.2. The van der Waals surface area contributed by atoms with Crippen molar-refractivity contribution >= 4 is 11.6 Å². The molecular weight excluding hydrogens is 292 g/mol. The van der Waals surface area contributed by atoms with Crippen molar-refractivity contribution in [2.24, 2.45) is 0 Å². The fraction of sp³-hybridized carbons (Fsp3) is 0.235. The highest BCUT2D eigenvalue weighted by Crippen LogP contribution is 2.15. The van der Waals surface area contributed by atoms with E-state index >= 15 is 0 Å². The Hall–Kier alpha value is -2.89. The number of amides is 1. The van der Waals surface area contributed by atoms with Crippen LogP contribution in [0.25, 0.3) is 0 Å². The number of rotatable bonds is 5. The number of anilines is 1. The Labute approximate surface area is 134 Å². The molecule has 6 nitrogen and oxygen atoms in total. The van der Waals surface area contributed by atoms with E-state index in [4.69, 9.17) is 4.52 Å². The second kappa shape index (κ2) is 6.48. The van der Waals surface area contributed by atoms with Gasteiger partial charge in [0.1, 0.15) is 5.76 Å². The summed E-state index contributed by atoms with van der Waals surface area (Å²) in [6, 6.07) is 7.79. The van der Waals surface area contributed by atoms with Gasteiger partial charge in [0.2, 0.25) is 5.91 Å². The molecule has 0 aliphatic heterocycles. The van der Waals surface area contributed by atoms with Gasteiger partial charge in [-0.3, -0.25) is 4.79 Å². The topological polar surface area (TPSA) is 73.0 Å².